The summed E-state index contributed by atoms with van der Waals surface area (Å²) in [5.74, 6) is 0.192. The molecule has 0 bridgehead atoms. The van der Waals surface area contributed by atoms with Gasteiger partial charge in [0.2, 0.25) is 5.91 Å². The van der Waals surface area contributed by atoms with Gasteiger partial charge in [-0.25, -0.2) is 0 Å². The van der Waals surface area contributed by atoms with Crippen LogP contribution in [0.25, 0.3) is 0 Å². The van der Waals surface area contributed by atoms with Crippen molar-refractivity contribution in [2.45, 2.75) is 50.0 Å². The molecule has 1 atom stereocenters. The van der Waals surface area contributed by atoms with Crippen molar-refractivity contribution >= 4 is 21.8 Å². The first kappa shape index (κ1) is 15.0. The number of hydrogen-bond donors (Lipinski definition) is 2. The average molecular weight is 351 g/mol. The standard InChI is InChI=1S/C17H23BrN2O/c18-14-6-4-13(5-7-14)17(8-2-9-17)12-20-16(21)11-15-3-1-10-19-15/h4-7,15,19H,1-3,8-12H2,(H,20,21). The zero-order valence-corrected chi connectivity index (χ0v) is 13.9. The predicted octanol–water partition coefficient (Wildman–Crippen LogP) is 3.13. The van der Waals surface area contributed by atoms with Gasteiger partial charge in [0.05, 0.1) is 0 Å². The summed E-state index contributed by atoms with van der Waals surface area (Å²) in [5.41, 5.74) is 1.52. The normalized spacial score (nSPS) is 23.6. The summed E-state index contributed by atoms with van der Waals surface area (Å²) in [6.45, 7) is 1.83. The second kappa shape index (κ2) is 6.49. The van der Waals surface area contributed by atoms with E-state index in [1.165, 1.54) is 31.2 Å². The number of carbonyl (C=O) groups is 1. The van der Waals surface area contributed by atoms with Crippen molar-refractivity contribution in [1.82, 2.24) is 10.6 Å². The van der Waals surface area contributed by atoms with Crippen LogP contribution in [0.3, 0.4) is 0 Å². The van der Waals surface area contributed by atoms with E-state index in [0.717, 1.165) is 24.0 Å². The molecule has 2 fully saturated rings. The second-order valence-electron chi connectivity index (χ2n) is 6.41. The molecule has 2 N–H and O–H groups in total. The molecule has 3 nitrogen and oxygen atoms in total. The molecule has 1 saturated carbocycles. The van der Waals surface area contributed by atoms with Crippen molar-refractivity contribution in [2.24, 2.45) is 0 Å². The van der Waals surface area contributed by atoms with Crippen molar-refractivity contribution < 1.29 is 4.79 Å². The van der Waals surface area contributed by atoms with Gasteiger partial charge in [-0.15, -0.1) is 0 Å². The molecule has 1 amide bonds. The predicted molar refractivity (Wildman–Crippen MR) is 88.3 cm³/mol. The van der Waals surface area contributed by atoms with Crippen LogP contribution in [0.5, 0.6) is 0 Å². The summed E-state index contributed by atoms with van der Waals surface area (Å²) >= 11 is 3.49. The highest BCUT2D eigenvalue weighted by molar-refractivity contribution is 9.10. The zero-order valence-electron chi connectivity index (χ0n) is 12.3. The topological polar surface area (TPSA) is 41.1 Å². The maximum atomic E-state index is 12.1. The van der Waals surface area contributed by atoms with E-state index in [9.17, 15) is 4.79 Å². The Hall–Kier alpha value is -0.870. The molecule has 21 heavy (non-hydrogen) atoms. The van der Waals surface area contributed by atoms with Gasteiger partial charge in [-0.05, 0) is 49.9 Å². The molecule has 1 unspecified atom stereocenters. The molecule has 1 heterocycles. The molecule has 0 spiro atoms. The highest BCUT2D eigenvalue weighted by Gasteiger charge is 2.38. The number of hydrogen-bond acceptors (Lipinski definition) is 2. The zero-order chi connectivity index (χ0) is 14.7. The van der Waals surface area contributed by atoms with Gasteiger partial charge in [0.1, 0.15) is 0 Å². The molecular formula is C17H23BrN2O. The Labute approximate surface area is 135 Å². The monoisotopic (exact) mass is 350 g/mol. The van der Waals surface area contributed by atoms with Crippen LogP contribution in [-0.2, 0) is 10.2 Å². The lowest BCUT2D eigenvalue weighted by Crippen LogP contribution is -2.46. The Morgan fingerprint density at radius 1 is 1.29 bits per heavy atom. The van der Waals surface area contributed by atoms with Crippen molar-refractivity contribution in [3.8, 4) is 0 Å². The average Bonchev–Trinajstić information content (AvgIpc) is 2.92. The van der Waals surface area contributed by atoms with Crippen LogP contribution < -0.4 is 10.6 Å². The Morgan fingerprint density at radius 3 is 2.62 bits per heavy atom. The van der Waals surface area contributed by atoms with Crippen molar-refractivity contribution in [3.63, 3.8) is 0 Å². The Balaban J connectivity index is 1.56. The smallest absolute Gasteiger partial charge is 0.221 e. The Kier molecular flexibility index (Phi) is 4.65. The molecule has 1 aromatic carbocycles. The quantitative estimate of drug-likeness (QED) is 0.856. The Morgan fingerprint density at radius 2 is 2.05 bits per heavy atom. The van der Waals surface area contributed by atoms with Crippen LogP contribution in [0.15, 0.2) is 28.7 Å². The van der Waals surface area contributed by atoms with Gasteiger partial charge in [0.15, 0.2) is 0 Å². The van der Waals surface area contributed by atoms with E-state index in [4.69, 9.17) is 0 Å². The molecule has 1 aliphatic heterocycles. The fourth-order valence-electron chi connectivity index (χ4n) is 3.47. The van der Waals surface area contributed by atoms with Gasteiger partial charge in [0.25, 0.3) is 0 Å². The summed E-state index contributed by atoms with van der Waals surface area (Å²) < 4.78 is 1.11. The van der Waals surface area contributed by atoms with E-state index in [-0.39, 0.29) is 11.3 Å². The summed E-state index contributed by atoms with van der Waals surface area (Å²) in [6.07, 6.45) is 6.56. The van der Waals surface area contributed by atoms with Gasteiger partial charge in [-0.3, -0.25) is 4.79 Å². The lowest BCUT2D eigenvalue weighted by molar-refractivity contribution is -0.122. The molecule has 3 rings (SSSR count). The van der Waals surface area contributed by atoms with Gasteiger partial charge < -0.3 is 10.6 Å². The first-order valence-electron chi connectivity index (χ1n) is 7.94. The van der Waals surface area contributed by atoms with Crippen molar-refractivity contribution in [1.29, 1.82) is 0 Å². The highest BCUT2D eigenvalue weighted by Crippen LogP contribution is 2.43. The molecule has 0 radical (unpaired) electrons. The van der Waals surface area contributed by atoms with E-state index in [0.29, 0.717) is 12.5 Å². The number of carbonyl (C=O) groups excluding carboxylic acids is 1. The molecule has 0 aromatic heterocycles. The minimum absolute atomic E-state index is 0.166. The summed E-state index contributed by atoms with van der Waals surface area (Å²) in [7, 11) is 0. The number of amides is 1. The summed E-state index contributed by atoms with van der Waals surface area (Å²) in [6, 6.07) is 8.95. The number of rotatable bonds is 5. The van der Waals surface area contributed by atoms with Crippen LogP contribution in [0, 0.1) is 0 Å². The van der Waals surface area contributed by atoms with Gasteiger partial charge in [-0.2, -0.15) is 0 Å². The van der Waals surface area contributed by atoms with Crippen LogP contribution in [-0.4, -0.2) is 25.0 Å². The third kappa shape index (κ3) is 3.49. The van der Waals surface area contributed by atoms with E-state index in [1.54, 1.807) is 0 Å². The minimum Gasteiger partial charge on any atom is -0.355 e. The first-order chi connectivity index (χ1) is 10.2. The fourth-order valence-corrected chi connectivity index (χ4v) is 3.73. The maximum absolute atomic E-state index is 12.1. The van der Waals surface area contributed by atoms with Crippen molar-refractivity contribution in [2.75, 3.05) is 13.1 Å². The minimum atomic E-state index is 0.166. The maximum Gasteiger partial charge on any atom is 0.221 e. The molecule has 1 saturated heterocycles. The van der Waals surface area contributed by atoms with Crippen molar-refractivity contribution in [3.05, 3.63) is 34.3 Å². The van der Waals surface area contributed by atoms with Crippen LogP contribution in [0.1, 0.15) is 44.1 Å². The van der Waals surface area contributed by atoms with E-state index >= 15 is 0 Å². The third-order valence-electron chi connectivity index (χ3n) is 4.99. The SMILES string of the molecule is O=C(CC1CCCN1)NCC1(c2ccc(Br)cc2)CCC1. The molecule has 1 aliphatic carbocycles. The lowest BCUT2D eigenvalue weighted by Gasteiger charge is -2.42. The van der Waals surface area contributed by atoms with Crippen LogP contribution >= 0.6 is 15.9 Å². The number of halogens is 1. The fraction of sp³-hybridized carbons (Fsp3) is 0.588. The number of benzene rings is 1. The Bertz CT molecular complexity index is 490. The largest absolute Gasteiger partial charge is 0.355 e. The van der Waals surface area contributed by atoms with Crippen LogP contribution in [0.4, 0.5) is 0 Å². The molecular weight excluding hydrogens is 328 g/mol. The number of nitrogens with one attached hydrogen (secondary N) is 2. The van der Waals surface area contributed by atoms with Crippen LogP contribution in [0.2, 0.25) is 0 Å². The highest BCUT2D eigenvalue weighted by atomic mass is 79.9. The molecule has 114 valence electrons. The summed E-state index contributed by atoms with van der Waals surface area (Å²) in [4.78, 5) is 12.1. The van der Waals surface area contributed by atoms with E-state index in [2.05, 4.69) is 50.8 Å². The third-order valence-corrected chi connectivity index (χ3v) is 5.51. The second-order valence-corrected chi connectivity index (χ2v) is 7.33. The molecule has 2 aliphatic rings. The molecule has 4 heteroatoms. The molecule has 1 aromatic rings. The summed E-state index contributed by atoms with van der Waals surface area (Å²) in [5, 5.41) is 6.56. The lowest BCUT2D eigenvalue weighted by atomic mass is 9.64. The van der Waals surface area contributed by atoms with E-state index in [1.807, 2.05) is 0 Å². The van der Waals surface area contributed by atoms with E-state index < -0.39 is 0 Å². The van der Waals surface area contributed by atoms with Gasteiger partial charge in [-0.1, -0.05) is 34.5 Å². The van der Waals surface area contributed by atoms with Gasteiger partial charge >= 0.3 is 0 Å². The van der Waals surface area contributed by atoms with Gasteiger partial charge in [0, 0.05) is 28.9 Å². The first-order valence-corrected chi connectivity index (χ1v) is 8.73.